The highest BCUT2D eigenvalue weighted by Crippen LogP contribution is 2.38. The molecule has 1 rings (SSSR count). The SMILES string of the molecule is C[C@@H]1C[C@H](NCC[C@@H](C)O)CC(C)(C)C1. The molecule has 2 nitrogen and oxygen atoms in total. The maximum atomic E-state index is 9.20. The van der Waals surface area contributed by atoms with E-state index in [4.69, 9.17) is 0 Å². The minimum Gasteiger partial charge on any atom is -0.393 e. The standard InChI is InChI=1S/C13H27NO/c1-10-7-12(9-13(3,4)8-10)14-6-5-11(2)15/h10-12,14-15H,5-9H2,1-4H3/t10-,11-,12+/m1/s1. The molecule has 2 heteroatoms. The molecule has 0 unspecified atom stereocenters. The van der Waals surface area contributed by atoms with Crippen LogP contribution in [-0.4, -0.2) is 23.8 Å². The largest absolute Gasteiger partial charge is 0.393 e. The second-order valence-electron chi connectivity index (χ2n) is 6.20. The highest BCUT2D eigenvalue weighted by atomic mass is 16.3. The molecule has 15 heavy (non-hydrogen) atoms. The van der Waals surface area contributed by atoms with E-state index >= 15 is 0 Å². The van der Waals surface area contributed by atoms with Crippen molar-refractivity contribution in [3.8, 4) is 0 Å². The zero-order valence-electron chi connectivity index (χ0n) is 10.7. The van der Waals surface area contributed by atoms with Gasteiger partial charge >= 0.3 is 0 Å². The van der Waals surface area contributed by atoms with Crippen LogP contribution in [0.1, 0.15) is 53.4 Å². The minimum atomic E-state index is -0.175. The Labute approximate surface area is 94.5 Å². The van der Waals surface area contributed by atoms with Gasteiger partial charge in [-0.25, -0.2) is 0 Å². The second-order valence-corrected chi connectivity index (χ2v) is 6.20. The van der Waals surface area contributed by atoms with Gasteiger partial charge in [0, 0.05) is 6.04 Å². The quantitative estimate of drug-likeness (QED) is 0.752. The lowest BCUT2D eigenvalue weighted by molar-refractivity contribution is 0.143. The molecule has 90 valence electrons. The van der Waals surface area contributed by atoms with Crippen LogP contribution in [0.15, 0.2) is 0 Å². The third kappa shape index (κ3) is 4.98. The van der Waals surface area contributed by atoms with Crippen molar-refractivity contribution in [1.29, 1.82) is 0 Å². The Morgan fingerprint density at radius 1 is 1.40 bits per heavy atom. The maximum absolute atomic E-state index is 9.20. The van der Waals surface area contributed by atoms with Crippen LogP contribution in [0.3, 0.4) is 0 Å². The molecule has 3 atom stereocenters. The van der Waals surface area contributed by atoms with Crippen LogP contribution in [0.4, 0.5) is 0 Å². The van der Waals surface area contributed by atoms with E-state index in [2.05, 4.69) is 26.1 Å². The Kier molecular flexibility index (Phi) is 4.60. The van der Waals surface area contributed by atoms with E-state index in [-0.39, 0.29) is 6.10 Å². The molecular weight excluding hydrogens is 186 g/mol. The molecule has 0 amide bonds. The number of nitrogens with one attached hydrogen (secondary N) is 1. The predicted molar refractivity (Wildman–Crippen MR) is 64.9 cm³/mol. The van der Waals surface area contributed by atoms with Gasteiger partial charge < -0.3 is 10.4 Å². The minimum absolute atomic E-state index is 0.175. The molecule has 0 aliphatic heterocycles. The number of aliphatic hydroxyl groups excluding tert-OH is 1. The first-order chi connectivity index (χ1) is 6.89. The number of aliphatic hydroxyl groups is 1. The van der Waals surface area contributed by atoms with Gasteiger partial charge in [-0.2, -0.15) is 0 Å². The molecule has 1 fully saturated rings. The van der Waals surface area contributed by atoms with Crippen molar-refractivity contribution in [3.05, 3.63) is 0 Å². The second kappa shape index (κ2) is 5.31. The summed E-state index contributed by atoms with van der Waals surface area (Å²) in [5.74, 6) is 0.831. The van der Waals surface area contributed by atoms with E-state index in [1.54, 1.807) is 0 Å². The Hall–Kier alpha value is -0.0800. The first-order valence-corrected chi connectivity index (χ1v) is 6.30. The summed E-state index contributed by atoms with van der Waals surface area (Å²) in [6.45, 7) is 9.89. The average molecular weight is 213 g/mol. The lowest BCUT2D eigenvalue weighted by Gasteiger charge is -2.39. The lowest BCUT2D eigenvalue weighted by Crippen LogP contribution is -2.40. The number of hydrogen-bond donors (Lipinski definition) is 2. The van der Waals surface area contributed by atoms with Crippen LogP contribution in [0, 0.1) is 11.3 Å². The molecule has 0 spiro atoms. The topological polar surface area (TPSA) is 32.3 Å². The molecule has 0 radical (unpaired) electrons. The fraction of sp³-hybridized carbons (Fsp3) is 1.00. The summed E-state index contributed by atoms with van der Waals surface area (Å²) < 4.78 is 0. The van der Waals surface area contributed by atoms with E-state index in [0.717, 1.165) is 18.9 Å². The van der Waals surface area contributed by atoms with E-state index in [1.807, 2.05) is 6.92 Å². The summed E-state index contributed by atoms with van der Waals surface area (Å²) in [6, 6.07) is 0.655. The summed E-state index contributed by atoms with van der Waals surface area (Å²) in [5, 5.41) is 12.8. The van der Waals surface area contributed by atoms with Gasteiger partial charge in [0.2, 0.25) is 0 Å². The molecule has 0 aromatic heterocycles. The summed E-state index contributed by atoms with van der Waals surface area (Å²) in [7, 11) is 0. The Morgan fingerprint density at radius 2 is 2.07 bits per heavy atom. The van der Waals surface area contributed by atoms with Gasteiger partial charge in [0.15, 0.2) is 0 Å². The van der Waals surface area contributed by atoms with Crippen LogP contribution in [0.25, 0.3) is 0 Å². The molecule has 1 aliphatic carbocycles. The van der Waals surface area contributed by atoms with Crippen molar-refractivity contribution >= 4 is 0 Å². The normalized spacial score (nSPS) is 32.6. The monoisotopic (exact) mass is 213 g/mol. The van der Waals surface area contributed by atoms with Gasteiger partial charge in [-0.1, -0.05) is 20.8 Å². The van der Waals surface area contributed by atoms with E-state index in [9.17, 15) is 5.11 Å². The summed E-state index contributed by atoms with van der Waals surface area (Å²) in [6.07, 6.45) is 4.61. The number of hydrogen-bond acceptors (Lipinski definition) is 2. The first-order valence-electron chi connectivity index (χ1n) is 6.30. The smallest absolute Gasteiger partial charge is 0.0524 e. The highest BCUT2D eigenvalue weighted by molar-refractivity contribution is 4.86. The molecule has 1 aliphatic rings. The van der Waals surface area contributed by atoms with Gasteiger partial charge in [0.05, 0.1) is 6.10 Å². The zero-order chi connectivity index (χ0) is 11.5. The van der Waals surface area contributed by atoms with E-state index in [1.165, 1.54) is 19.3 Å². The van der Waals surface area contributed by atoms with E-state index < -0.39 is 0 Å². The van der Waals surface area contributed by atoms with Gasteiger partial charge in [-0.05, 0) is 50.5 Å². The Morgan fingerprint density at radius 3 is 2.60 bits per heavy atom. The van der Waals surface area contributed by atoms with Crippen LogP contribution in [0.2, 0.25) is 0 Å². The molecule has 1 saturated carbocycles. The van der Waals surface area contributed by atoms with Gasteiger partial charge in [-0.3, -0.25) is 0 Å². The van der Waals surface area contributed by atoms with Crippen LogP contribution >= 0.6 is 0 Å². The van der Waals surface area contributed by atoms with Crippen LogP contribution < -0.4 is 5.32 Å². The molecule has 0 bridgehead atoms. The number of rotatable bonds is 4. The molecule has 0 saturated heterocycles. The Balaban J connectivity index is 2.29. The molecule has 0 aromatic rings. The van der Waals surface area contributed by atoms with Crippen LogP contribution in [0.5, 0.6) is 0 Å². The Bertz CT molecular complexity index is 189. The van der Waals surface area contributed by atoms with Crippen molar-refractivity contribution in [1.82, 2.24) is 5.32 Å². The molecule has 0 heterocycles. The fourth-order valence-electron chi connectivity index (χ4n) is 3.00. The molecular formula is C13H27NO. The fourth-order valence-corrected chi connectivity index (χ4v) is 3.00. The summed E-state index contributed by atoms with van der Waals surface area (Å²) >= 11 is 0. The lowest BCUT2D eigenvalue weighted by atomic mass is 9.70. The van der Waals surface area contributed by atoms with Crippen molar-refractivity contribution < 1.29 is 5.11 Å². The predicted octanol–water partition coefficient (Wildman–Crippen LogP) is 2.56. The van der Waals surface area contributed by atoms with E-state index in [0.29, 0.717) is 11.5 Å². The van der Waals surface area contributed by atoms with Crippen molar-refractivity contribution in [2.75, 3.05) is 6.54 Å². The highest BCUT2D eigenvalue weighted by Gasteiger charge is 2.31. The van der Waals surface area contributed by atoms with Crippen molar-refractivity contribution in [2.24, 2.45) is 11.3 Å². The van der Waals surface area contributed by atoms with Crippen molar-refractivity contribution in [3.63, 3.8) is 0 Å². The first kappa shape index (κ1) is 13.0. The zero-order valence-corrected chi connectivity index (χ0v) is 10.7. The maximum Gasteiger partial charge on any atom is 0.0524 e. The van der Waals surface area contributed by atoms with Gasteiger partial charge in [-0.15, -0.1) is 0 Å². The molecule has 2 N–H and O–H groups in total. The third-order valence-electron chi connectivity index (χ3n) is 3.38. The summed E-state index contributed by atoms with van der Waals surface area (Å²) in [5.41, 5.74) is 0.486. The average Bonchev–Trinajstić information content (AvgIpc) is 1.98. The molecule has 0 aromatic carbocycles. The van der Waals surface area contributed by atoms with Gasteiger partial charge in [0.1, 0.15) is 0 Å². The van der Waals surface area contributed by atoms with Crippen LogP contribution in [-0.2, 0) is 0 Å². The third-order valence-corrected chi connectivity index (χ3v) is 3.38. The van der Waals surface area contributed by atoms with Gasteiger partial charge in [0.25, 0.3) is 0 Å². The summed E-state index contributed by atoms with van der Waals surface area (Å²) in [4.78, 5) is 0. The van der Waals surface area contributed by atoms with Crippen molar-refractivity contribution in [2.45, 2.75) is 65.5 Å².